The van der Waals surface area contributed by atoms with Gasteiger partial charge < -0.3 is 9.47 Å². The normalized spacial score (nSPS) is 13.2. The van der Waals surface area contributed by atoms with Crippen molar-refractivity contribution in [3.05, 3.63) is 72.8 Å². The van der Waals surface area contributed by atoms with E-state index in [1.54, 1.807) is 18.2 Å². The average molecular weight is 399 g/mol. The van der Waals surface area contributed by atoms with E-state index in [0.717, 1.165) is 9.79 Å². The smallest absolute Gasteiger partial charge is 0.262 e. The second kappa shape index (κ2) is 7.54. The van der Waals surface area contributed by atoms with E-state index < -0.39 is 10.0 Å². The highest BCUT2D eigenvalue weighted by molar-refractivity contribution is 7.99. The molecule has 4 rings (SSSR count). The molecule has 0 atom stereocenters. The summed E-state index contributed by atoms with van der Waals surface area (Å²) in [6, 6.07) is 21.8. The van der Waals surface area contributed by atoms with Crippen LogP contribution in [-0.2, 0) is 10.0 Å². The van der Waals surface area contributed by atoms with Crippen molar-refractivity contribution in [2.24, 2.45) is 0 Å². The highest BCUT2D eigenvalue weighted by Crippen LogP contribution is 2.36. The maximum Gasteiger partial charge on any atom is 0.262 e. The van der Waals surface area contributed by atoms with Crippen molar-refractivity contribution in [3.63, 3.8) is 0 Å². The SMILES string of the molecule is O=S(=O)(Nc1ccccc1Sc1ccccc1)c1ccc2c(c1)OCCO2. The van der Waals surface area contributed by atoms with Crippen molar-refractivity contribution in [1.29, 1.82) is 0 Å². The maximum atomic E-state index is 12.9. The number of hydrogen-bond acceptors (Lipinski definition) is 5. The van der Waals surface area contributed by atoms with Crippen LogP contribution in [0.15, 0.2) is 87.5 Å². The van der Waals surface area contributed by atoms with Crippen molar-refractivity contribution >= 4 is 27.5 Å². The van der Waals surface area contributed by atoms with Crippen molar-refractivity contribution in [2.45, 2.75) is 14.7 Å². The molecule has 0 amide bonds. The molecular formula is C20H17NO4S2. The van der Waals surface area contributed by atoms with Crippen LogP contribution in [0, 0.1) is 0 Å². The lowest BCUT2D eigenvalue weighted by molar-refractivity contribution is 0.171. The van der Waals surface area contributed by atoms with E-state index >= 15 is 0 Å². The Kier molecular flexibility index (Phi) is 4.96. The van der Waals surface area contributed by atoms with E-state index in [1.807, 2.05) is 42.5 Å². The number of rotatable bonds is 5. The molecule has 0 aromatic heterocycles. The number of sulfonamides is 1. The van der Waals surface area contributed by atoms with Crippen LogP contribution in [0.1, 0.15) is 0 Å². The van der Waals surface area contributed by atoms with Crippen LogP contribution < -0.4 is 14.2 Å². The lowest BCUT2D eigenvalue weighted by atomic mass is 10.3. The van der Waals surface area contributed by atoms with E-state index in [1.165, 1.54) is 23.9 Å². The van der Waals surface area contributed by atoms with Crippen LogP contribution in [0.2, 0.25) is 0 Å². The van der Waals surface area contributed by atoms with Crippen LogP contribution in [-0.4, -0.2) is 21.6 Å². The molecular weight excluding hydrogens is 382 g/mol. The first-order valence-electron chi connectivity index (χ1n) is 8.36. The van der Waals surface area contributed by atoms with Gasteiger partial charge in [0.05, 0.1) is 10.6 Å². The van der Waals surface area contributed by atoms with Gasteiger partial charge in [-0.1, -0.05) is 42.1 Å². The largest absolute Gasteiger partial charge is 0.486 e. The minimum Gasteiger partial charge on any atom is -0.486 e. The highest BCUT2D eigenvalue weighted by Gasteiger charge is 2.20. The summed E-state index contributed by atoms with van der Waals surface area (Å²) in [5, 5.41) is 0. The van der Waals surface area contributed by atoms with Crippen LogP contribution in [0.4, 0.5) is 5.69 Å². The van der Waals surface area contributed by atoms with Gasteiger partial charge in [0, 0.05) is 15.9 Å². The van der Waals surface area contributed by atoms with Gasteiger partial charge in [0.25, 0.3) is 10.0 Å². The quantitative estimate of drug-likeness (QED) is 0.688. The molecule has 5 nitrogen and oxygen atoms in total. The Morgan fingerprint density at radius 1 is 0.815 bits per heavy atom. The van der Waals surface area contributed by atoms with Crippen LogP contribution in [0.25, 0.3) is 0 Å². The summed E-state index contributed by atoms with van der Waals surface area (Å²) in [7, 11) is -3.76. The second-order valence-electron chi connectivity index (χ2n) is 5.82. The lowest BCUT2D eigenvalue weighted by Crippen LogP contribution is -2.17. The number of anilines is 1. The van der Waals surface area contributed by atoms with Gasteiger partial charge in [-0.05, 0) is 36.4 Å². The molecule has 1 heterocycles. The van der Waals surface area contributed by atoms with Gasteiger partial charge in [0.2, 0.25) is 0 Å². The fraction of sp³-hybridized carbons (Fsp3) is 0.100. The van der Waals surface area contributed by atoms with E-state index in [9.17, 15) is 8.42 Å². The number of hydrogen-bond donors (Lipinski definition) is 1. The van der Waals surface area contributed by atoms with Gasteiger partial charge in [-0.3, -0.25) is 4.72 Å². The Labute approximate surface area is 162 Å². The lowest BCUT2D eigenvalue weighted by Gasteiger charge is -2.19. The first-order chi connectivity index (χ1) is 13.1. The summed E-state index contributed by atoms with van der Waals surface area (Å²) < 4.78 is 39.4. The third-order valence-electron chi connectivity index (χ3n) is 3.93. The molecule has 1 aliphatic heterocycles. The monoisotopic (exact) mass is 399 g/mol. The molecule has 0 radical (unpaired) electrons. The standard InChI is InChI=1S/C20H17NO4S2/c22-27(23,16-10-11-18-19(14-16)25-13-12-24-18)21-17-8-4-5-9-20(17)26-15-6-2-1-3-7-15/h1-11,14,21H,12-13H2. The molecule has 7 heteroatoms. The second-order valence-corrected chi connectivity index (χ2v) is 8.62. The molecule has 138 valence electrons. The number of nitrogens with one attached hydrogen (secondary N) is 1. The van der Waals surface area contributed by atoms with Gasteiger partial charge in [-0.2, -0.15) is 0 Å². The number of fused-ring (bicyclic) bond motifs is 1. The summed E-state index contributed by atoms with van der Waals surface area (Å²) in [6.45, 7) is 0.863. The van der Waals surface area contributed by atoms with Crippen molar-refractivity contribution < 1.29 is 17.9 Å². The highest BCUT2D eigenvalue weighted by atomic mass is 32.2. The van der Waals surface area contributed by atoms with E-state index in [0.29, 0.717) is 30.4 Å². The summed E-state index contributed by atoms with van der Waals surface area (Å²) in [4.78, 5) is 1.99. The number of para-hydroxylation sites is 1. The summed E-state index contributed by atoms with van der Waals surface area (Å²) in [6.07, 6.45) is 0. The Hall–Kier alpha value is -2.64. The molecule has 0 fully saturated rings. The topological polar surface area (TPSA) is 64.6 Å². The summed E-state index contributed by atoms with van der Waals surface area (Å²) in [5.41, 5.74) is 0.529. The number of ether oxygens (including phenoxy) is 2. The van der Waals surface area contributed by atoms with Crippen molar-refractivity contribution in [2.75, 3.05) is 17.9 Å². The first-order valence-corrected chi connectivity index (χ1v) is 10.7. The van der Waals surface area contributed by atoms with Gasteiger partial charge >= 0.3 is 0 Å². The summed E-state index contributed by atoms with van der Waals surface area (Å²) >= 11 is 1.50. The zero-order valence-electron chi connectivity index (χ0n) is 14.3. The molecule has 0 bridgehead atoms. The van der Waals surface area contributed by atoms with Gasteiger partial charge in [-0.15, -0.1) is 0 Å². The Balaban J connectivity index is 1.62. The fourth-order valence-electron chi connectivity index (χ4n) is 2.65. The number of benzene rings is 3. The average Bonchev–Trinajstić information content (AvgIpc) is 2.70. The predicted molar refractivity (Wildman–Crippen MR) is 105 cm³/mol. The van der Waals surface area contributed by atoms with Crippen LogP contribution >= 0.6 is 11.8 Å². The molecule has 0 saturated heterocycles. The van der Waals surface area contributed by atoms with Crippen molar-refractivity contribution in [3.8, 4) is 11.5 Å². The van der Waals surface area contributed by atoms with Crippen LogP contribution in [0.5, 0.6) is 11.5 Å². The Morgan fingerprint density at radius 2 is 1.52 bits per heavy atom. The molecule has 27 heavy (non-hydrogen) atoms. The van der Waals surface area contributed by atoms with Gasteiger partial charge in [0.15, 0.2) is 11.5 Å². The molecule has 1 N–H and O–H groups in total. The molecule has 0 aliphatic carbocycles. The zero-order valence-corrected chi connectivity index (χ0v) is 15.9. The third kappa shape index (κ3) is 4.04. The molecule has 1 aliphatic rings. The Bertz CT molecular complexity index is 1050. The molecule has 0 unspecified atom stereocenters. The van der Waals surface area contributed by atoms with Gasteiger partial charge in [0.1, 0.15) is 13.2 Å². The molecule has 0 spiro atoms. The first kappa shape index (κ1) is 17.8. The minimum absolute atomic E-state index is 0.131. The predicted octanol–water partition coefficient (Wildman–Crippen LogP) is 4.41. The third-order valence-corrected chi connectivity index (χ3v) is 6.37. The van der Waals surface area contributed by atoms with Crippen molar-refractivity contribution in [1.82, 2.24) is 0 Å². The fourth-order valence-corrected chi connectivity index (χ4v) is 4.73. The maximum absolute atomic E-state index is 12.9. The van der Waals surface area contributed by atoms with Gasteiger partial charge in [-0.25, -0.2) is 8.42 Å². The zero-order chi connectivity index (χ0) is 18.7. The summed E-state index contributed by atoms with van der Waals surface area (Å²) in [5.74, 6) is 0.997. The van der Waals surface area contributed by atoms with Crippen LogP contribution in [0.3, 0.4) is 0 Å². The molecule has 3 aromatic rings. The minimum atomic E-state index is -3.76. The molecule has 0 saturated carbocycles. The van der Waals surface area contributed by atoms with E-state index in [2.05, 4.69) is 4.72 Å². The molecule has 3 aromatic carbocycles. The van der Waals surface area contributed by atoms with E-state index in [4.69, 9.17) is 9.47 Å². The van der Waals surface area contributed by atoms with E-state index in [-0.39, 0.29) is 4.90 Å². The Morgan fingerprint density at radius 3 is 2.33 bits per heavy atom.